The van der Waals surface area contributed by atoms with Crippen LogP contribution in [0.3, 0.4) is 0 Å². The molecule has 5 atom stereocenters. The zero-order valence-electron chi connectivity index (χ0n) is 24.6. The van der Waals surface area contributed by atoms with Crippen molar-refractivity contribution in [1.29, 1.82) is 0 Å². The molecule has 1 aromatic heterocycles. The molecule has 2 amide bonds. The Hall–Kier alpha value is -3.98. The molecule has 0 bridgehead atoms. The second-order valence-electron chi connectivity index (χ2n) is 12.2. The standard InChI is InChI=1S/C34H39N3O6/c1-42-31-15-7-13-26-25(31)17-28(35-26)34(41)37-18-23-11-5-12-24(23)32(37)33(40)36-27(16-22-10-6-14-29(22)38)30(39)20-43-19-21-8-3-2-4-9-21/h2-4,7-9,13,15,17,22-24,27,32,35H,5-6,10-12,14,16,18-20H2,1H3,(H,36,40). The van der Waals surface area contributed by atoms with Crippen molar-refractivity contribution in [2.45, 2.75) is 63.6 Å². The van der Waals surface area contributed by atoms with E-state index in [0.717, 1.165) is 42.1 Å². The van der Waals surface area contributed by atoms with Crippen LogP contribution in [0.2, 0.25) is 0 Å². The molecular weight excluding hydrogens is 546 g/mol. The third kappa shape index (κ3) is 6.09. The van der Waals surface area contributed by atoms with Crippen molar-refractivity contribution >= 4 is 34.3 Å². The van der Waals surface area contributed by atoms with Crippen LogP contribution in [0, 0.1) is 17.8 Å². The SMILES string of the molecule is COc1cccc2[nH]c(C(=O)N3CC4CCCC4C3C(=O)NC(CC3CCCC3=O)C(=O)COCc3ccccc3)cc12. The predicted octanol–water partition coefficient (Wildman–Crippen LogP) is 4.45. The maximum atomic E-state index is 14.1. The average molecular weight is 586 g/mol. The predicted molar refractivity (Wildman–Crippen MR) is 161 cm³/mol. The summed E-state index contributed by atoms with van der Waals surface area (Å²) >= 11 is 0. The first-order valence-electron chi connectivity index (χ1n) is 15.4. The Labute approximate surface area is 251 Å². The number of Topliss-reactive ketones (excluding diaryl/α,β-unsaturated/α-hetero) is 2. The molecule has 1 aliphatic heterocycles. The maximum absolute atomic E-state index is 14.1. The Morgan fingerprint density at radius 3 is 2.65 bits per heavy atom. The molecular formula is C34H39N3O6. The maximum Gasteiger partial charge on any atom is 0.271 e. The quantitative estimate of drug-likeness (QED) is 0.344. The molecule has 43 heavy (non-hydrogen) atoms. The number of carbonyl (C=O) groups is 4. The summed E-state index contributed by atoms with van der Waals surface area (Å²) in [5, 5.41) is 3.81. The molecule has 3 fully saturated rings. The first kappa shape index (κ1) is 29.1. The van der Waals surface area contributed by atoms with E-state index >= 15 is 0 Å². The molecule has 0 spiro atoms. The van der Waals surface area contributed by atoms with Gasteiger partial charge in [0, 0.05) is 29.8 Å². The van der Waals surface area contributed by atoms with Gasteiger partial charge in [-0.3, -0.25) is 19.2 Å². The van der Waals surface area contributed by atoms with Gasteiger partial charge in [0.1, 0.15) is 29.9 Å². The number of amides is 2. The van der Waals surface area contributed by atoms with Gasteiger partial charge in [0.2, 0.25) is 5.91 Å². The highest BCUT2D eigenvalue weighted by atomic mass is 16.5. The minimum atomic E-state index is -0.856. The summed E-state index contributed by atoms with van der Waals surface area (Å²) in [6.45, 7) is 0.602. The number of nitrogens with one attached hydrogen (secondary N) is 2. The van der Waals surface area contributed by atoms with E-state index in [1.54, 1.807) is 18.1 Å². The van der Waals surface area contributed by atoms with Crippen LogP contribution in [-0.4, -0.2) is 65.6 Å². The fourth-order valence-corrected chi connectivity index (χ4v) is 7.32. The van der Waals surface area contributed by atoms with Gasteiger partial charge in [0.05, 0.1) is 19.8 Å². The minimum absolute atomic E-state index is 0.0288. The van der Waals surface area contributed by atoms with Gasteiger partial charge in [-0.05, 0) is 67.7 Å². The van der Waals surface area contributed by atoms with Gasteiger partial charge < -0.3 is 24.7 Å². The largest absolute Gasteiger partial charge is 0.496 e. The zero-order valence-corrected chi connectivity index (χ0v) is 24.6. The van der Waals surface area contributed by atoms with Gasteiger partial charge in [0.25, 0.3) is 5.91 Å². The van der Waals surface area contributed by atoms with E-state index in [9.17, 15) is 19.2 Å². The van der Waals surface area contributed by atoms with E-state index in [-0.39, 0.29) is 60.8 Å². The van der Waals surface area contributed by atoms with E-state index in [0.29, 0.717) is 30.8 Å². The lowest BCUT2D eigenvalue weighted by molar-refractivity contribution is -0.134. The second kappa shape index (κ2) is 12.7. The van der Waals surface area contributed by atoms with Crippen LogP contribution in [0.4, 0.5) is 0 Å². The topological polar surface area (TPSA) is 118 Å². The van der Waals surface area contributed by atoms with Crippen molar-refractivity contribution < 1.29 is 28.7 Å². The summed E-state index contributed by atoms with van der Waals surface area (Å²) in [6, 6.07) is 15.4. The van der Waals surface area contributed by atoms with Crippen molar-refractivity contribution in [3.8, 4) is 5.75 Å². The molecule has 2 aliphatic carbocycles. The molecule has 2 saturated carbocycles. The van der Waals surface area contributed by atoms with Gasteiger partial charge in [-0.2, -0.15) is 0 Å². The number of methoxy groups -OCH3 is 1. The van der Waals surface area contributed by atoms with E-state index in [1.165, 1.54) is 0 Å². The van der Waals surface area contributed by atoms with E-state index in [1.807, 2.05) is 48.5 Å². The number of hydrogen-bond donors (Lipinski definition) is 2. The Balaban J connectivity index is 1.20. The highest BCUT2D eigenvalue weighted by molar-refractivity contribution is 6.02. The van der Waals surface area contributed by atoms with Crippen molar-refractivity contribution in [3.63, 3.8) is 0 Å². The molecule has 9 heteroatoms. The van der Waals surface area contributed by atoms with Gasteiger partial charge in [-0.25, -0.2) is 0 Å². The van der Waals surface area contributed by atoms with Crippen molar-refractivity contribution in [1.82, 2.24) is 15.2 Å². The van der Waals surface area contributed by atoms with Crippen LogP contribution in [0.15, 0.2) is 54.6 Å². The Morgan fingerprint density at radius 1 is 1.05 bits per heavy atom. The summed E-state index contributed by atoms with van der Waals surface area (Å²) in [5.74, 6) is -0.0240. The van der Waals surface area contributed by atoms with Crippen LogP contribution in [0.5, 0.6) is 5.75 Å². The van der Waals surface area contributed by atoms with Crippen molar-refractivity contribution in [2.24, 2.45) is 17.8 Å². The van der Waals surface area contributed by atoms with Crippen LogP contribution in [0.25, 0.3) is 10.9 Å². The number of fused-ring (bicyclic) bond motifs is 2. The lowest BCUT2D eigenvalue weighted by Gasteiger charge is -2.29. The third-order valence-electron chi connectivity index (χ3n) is 9.51. The molecule has 1 saturated heterocycles. The fraction of sp³-hybridized carbons (Fsp3) is 0.471. The molecule has 6 rings (SSSR count). The summed E-state index contributed by atoms with van der Waals surface area (Å²) in [7, 11) is 1.59. The number of likely N-dealkylation sites (tertiary alicyclic amines) is 1. The highest BCUT2D eigenvalue weighted by Crippen LogP contribution is 2.43. The van der Waals surface area contributed by atoms with E-state index < -0.39 is 12.1 Å². The van der Waals surface area contributed by atoms with E-state index in [2.05, 4.69) is 10.3 Å². The molecule has 3 aromatic rings. The summed E-state index contributed by atoms with van der Waals surface area (Å²) in [6.07, 6.45) is 5.11. The molecule has 3 aliphatic rings. The Morgan fingerprint density at radius 2 is 1.88 bits per heavy atom. The number of aromatic amines is 1. The van der Waals surface area contributed by atoms with E-state index in [4.69, 9.17) is 9.47 Å². The zero-order chi connectivity index (χ0) is 29.9. The van der Waals surface area contributed by atoms with Crippen LogP contribution in [-0.2, 0) is 25.7 Å². The number of carbonyl (C=O) groups excluding carboxylic acids is 4. The molecule has 5 unspecified atom stereocenters. The van der Waals surface area contributed by atoms with Crippen LogP contribution >= 0.6 is 0 Å². The molecule has 2 N–H and O–H groups in total. The number of benzene rings is 2. The lowest BCUT2D eigenvalue weighted by Crippen LogP contribution is -2.53. The van der Waals surface area contributed by atoms with Crippen molar-refractivity contribution in [2.75, 3.05) is 20.3 Å². The monoisotopic (exact) mass is 585 g/mol. The number of rotatable bonds is 11. The minimum Gasteiger partial charge on any atom is -0.496 e. The number of ketones is 2. The number of hydrogen-bond acceptors (Lipinski definition) is 6. The Bertz CT molecular complexity index is 1500. The number of aromatic nitrogens is 1. The number of H-pyrrole nitrogens is 1. The third-order valence-corrected chi connectivity index (χ3v) is 9.51. The fourth-order valence-electron chi connectivity index (χ4n) is 7.32. The summed E-state index contributed by atoms with van der Waals surface area (Å²) in [4.78, 5) is 58.8. The highest BCUT2D eigenvalue weighted by Gasteiger charge is 2.50. The molecule has 226 valence electrons. The van der Waals surface area contributed by atoms with Crippen LogP contribution < -0.4 is 10.1 Å². The summed E-state index contributed by atoms with van der Waals surface area (Å²) < 4.78 is 11.2. The summed E-state index contributed by atoms with van der Waals surface area (Å²) in [5.41, 5.74) is 2.13. The molecule has 2 aromatic carbocycles. The lowest BCUT2D eigenvalue weighted by atomic mass is 9.91. The molecule has 2 heterocycles. The first-order valence-corrected chi connectivity index (χ1v) is 15.4. The number of ether oxygens (including phenoxy) is 2. The Kier molecular flexibility index (Phi) is 8.61. The molecule has 9 nitrogen and oxygen atoms in total. The molecule has 0 radical (unpaired) electrons. The van der Waals surface area contributed by atoms with Crippen LogP contribution in [0.1, 0.15) is 61.0 Å². The second-order valence-corrected chi connectivity index (χ2v) is 12.2. The van der Waals surface area contributed by atoms with Gasteiger partial charge in [0.15, 0.2) is 5.78 Å². The van der Waals surface area contributed by atoms with Gasteiger partial charge in [-0.15, -0.1) is 0 Å². The number of nitrogens with zero attached hydrogens (tertiary/aromatic N) is 1. The smallest absolute Gasteiger partial charge is 0.271 e. The van der Waals surface area contributed by atoms with Gasteiger partial charge in [-0.1, -0.05) is 42.8 Å². The van der Waals surface area contributed by atoms with Crippen molar-refractivity contribution in [3.05, 3.63) is 65.9 Å². The first-order chi connectivity index (χ1) is 20.9. The van der Waals surface area contributed by atoms with Gasteiger partial charge >= 0.3 is 0 Å². The average Bonchev–Trinajstić information content (AvgIpc) is 3.81. The normalized spacial score (nSPS) is 23.8.